The number of likely N-dealkylation sites (N-methyl/N-ethyl adjacent to an activating group) is 1. The summed E-state index contributed by atoms with van der Waals surface area (Å²) in [5, 5.41) is 0. The first-order chi connectivity index (χ1) is 9.22. The van der Waals surface area contributed by atoms with Gasteiger partial charge in [0.15, 0.2) is 0 Å². The molecule has 19 heavy (non-hydrogen) atoms. The first-order valence-corrected chi connectivity index (χ1v) is 7.46. The van der Waals surface area contributed by atoms with Crippen LogP contribution in [0.5, 0.6) is 0 Å². The molecule has 2 unspecified atom stereocenters. The molecule has 4 heteroatoms. The molecule has 1 aliphatic heterocycles. The van der Waals surface area contributed by atoms with Crippen LogP contribution in [0.4, 0.5) is 0 Å². The van der Waals surface area contributed by atoms with Crippen molar-refractivity contribution in [3.05, 3.63) is 23.5 Å². The van der Waals surface area contributed by atoms with Crippen molar-refractivity contribution >= 4 is 0 Å². The Kier molecular flexibility index (Phi) is 3.91. The summed E-state index contributed by atoms with van der Waals surface area (Å²) >= 11 is 0. The van der Waals surface area contributed by atoms with Crippen LogP contribution in [0.1, 0.15) is 36.4 Å². The molecule has 106 valence electrons. The molecular formula is C15H25N3O. The van der Waals surface area contributed by atoms with E-state index in [2.05, 4.69) is 28.9 Å². The Hall–Kier alpha value is -0.840. The van der Waals surface area contributed by atoms with Gasteiger partial charge in [-0.05, 0) is 37.4 Å². The second kappa shape index (κ2) is 5.65. The molecule has 2 N–H and O–H groups in total. The Morgan fingerprint density at radius 1 is 1.37 bits per heavy atom. The molecule has 1 saturated heterocycles. The Labute approximate surface area is 115 Å². The van der Waals surface area contributed by atoms with Gasteiger partial charge < -0.3 is 19.9 Å². The summed E-state index contributed by atoms with van der Waals surface area (Å²) in [6, 6.07) is 0.230. The van der Waals surface area contributed by atoms with Gasteiger partial charge >= 0.3 is 0 Å². The lowest BCUT2D eigenvalue weighted by atomic mass is 10.1. The van der Waals surface area contributed by atoms with Crippen molar-refractivity contribution < 1.29 is 4.74 Å². The topological polar surface area (TPSA) is 43.4 Å². The van der Waals surface area contributed by atoms with E-state index >= 15 is 0 Å². The number of nitrogens with two attached hydrogens (primary N) is 1. The zero-order chi connectivity index (χ0) is 13.2. The van der Waals surface area contributed by atoms with E-state index < -0.39 is 0 Å². The fourth-order valence-electron chi connectivity index (χ4n) is 3.27. The number of hydrogen-bond donors (Lipinski definition) is 1. The SMILES string of the molecule is CN1CCOC(Cn2cc3c(c2)C(N)CCCC3)C1. The van der Waals surface area contributed by atoms with E-state index in [4.69, 9.17) is 10.5 Å². The standard InChI is InChI=1S/C15H25N3O/c1-17-6-7-19-13(9-17)10-18-8-12-4-2-3-5-15(16)14(12)11-18/h8,11,13,15H,2-7,9-10,16H2,1H3. The molecule has 1 aromatic heterocycles. The second-order valence-electron chi connectivity index (χ2n) is 6.04. The average Bonchev–Trinajstić information content (AvgIpc) is 2.70. The summed E-state index contributed by atoms with van der Waals surface area (Å²) in [5.41, 5.74) is 9.08. The lowest BCUT2D eigenvalue weighted by Gasteiger charge is -2.30. The van der Waals surface area contributed by atoms with E-state index in [9.17, 15) is 0 Å². The highest BCUT2D eigenvalue weighted by Gasteiger charge is 2.21. The van der Waals surface area contributed by atoms with Gasteiger partial charge in [0, 0.05) is 38.1 Å². The van der Waals surface area contributed by atoms with Crippen LogP contribution >= 0.6 is 0 Å². The van der Waals surface area contributed by atoms with Gasteiger partial charge in [-0.3, -0.25) is 0 Å². The minimum Gasteiger partial charge on any atom is -0.374 e. The molecule has 2 atom stereocenters. The van der Waals surface area contributed by atoms with E-state index in [0.29, 0.717) is 6.10 Å². The van der Waals surface area contributed by atoms with Gasteiger partial charge in [0.25, 0.3) is 0 Å². The van der Waals surface area contributed by atoms with Crippen molar-refractivity contribution in [1.82, 2.24) is 9.47 Å². The van der Waals surface area contributed by atoms with Crippen LogP contribution in [0, 0.1) is 0 Å². The number of fused-ring (bicyclic) bond motifs is 1. The molecule has 0 amide bonds. The monoisotopic (exact) mass is 263 g/mol. The Bertz CT molecular complexity index is 429. The minimum absolute atomic E-state index is 0.230. The van der Waals surface area contributed by atoms with Gasteiger partial charge in [-0.2, -0.15) is 0 Å². The summed E-state index contributed by atoms with van der Waals surface area (Å²) < 4.78 is 8.13. The molecule has 0 radical (unpaired) electrons. The predicted molar refractivity (Wildman–Crippen MR) is 76.2 cm³/mol. The van der Waals surface area contributed by atoms with Crippen LogP contribution in [-0.2, 0) is 17.7 Å². The zero-order valence-corrected chi connectivity index (χ0v) is 11.8. The average molecular weight is 263 g/mol. The lowest BCUT2D eigenvalue weighted by molar-refractivity contribution is -0.0274. The maximum Gasteiger partial charge on any atom is 0.0880 e. The summed E-state index contributed by atoms with van der Waals surface area (Å²) in [5.74, 6) is 0. The van der Waals surface area contributed by atoms with Gasteiger partial charge in [0.1, 0.15) is 0 Å². The molecule has 1 aromatic rings. The number of nitrogens with zero attached hydrogens (tertiary/aromatic N) is 2. The summed E-state index contributed by atoms with van der Waals surface area (Å²) in [4.78, 5) is 2.34. The molecule has 0 saturated carbocycles. The Morgan fingerprint density at radius 2 is 2.26 bits per heavy atom. The van der Waals surface area contributed by atoms with E-state index in [1.807, 2.05) is 0 Å². The molecular weight excluding hydrogens is 238 g/mol. The largest absolute Gasteiger partial charge is 0.374 e. The van der Waals surface area contributed by atoms with Crippen LogP contribution in [-0.4, -0.2) is 42.3 Å². The first-order valence-electron chi connectivity index (χ1n) is 7.46. The molecule has 3 rings (SSSR count). The van der Waals surface area contributed by atoms with Gasteiger partial charge in [-0.1, -0.05) is 6.42 Å². The molecule has 4 nitrogen and oxygen atoms in total. The highest BCUT2D eigenvalue weighted by Crippen LogP contribution is 2.27. The summed E-state index contributed by atoms with van der Waals surface area (Å²) in [6.07, 6.45) is 9.69. The zero-order valence-electron chi connectivity index (χ0n) is 11.8. The molecule has 1 aliphatic carbocycles. The maximum atomic E-state index is 6.26. The smallest absolute Gasteiger partial charge is 0.0880 e. The van der Waals surface area contributed by atoms with Crippen molar-refractivity contribution in [2.75, 3.05) is 26.7 Å². The summed E-state index contributed by atoms with van der Waals surface area (Å²) in [7, 11) is 2.16. The quantitative estimate of drug-likeness (QED) is 0.823. The second-order valence-corrected chi connectivity index (χ2v) is 6.04. The number of hydrogen-bond acceptors (Lipinski definition) is 3. The van der Waals surface area contributed by atoms with Crippen LogP contribution in [0.2, 0.25) is 0 Å². The third-order valence-electron chi connectivity index (χ3n) is 4.36. The van der Waals surface area contributed by atoms with Gasteiger partial charge in [0.2, 0.25) is 0 Å². The molecule has 2 heterocycles. The Morgan fingerprint density at radius 3 is 3.11 bits per heavy atom. The van der Waals surface area contributed by atoms with E-state index in [1.165, 1.54) is 30.4 Å². The van der Waals surface area contributed by atoms with E-state index in [1.54, 1.807) is 0 Å². The van der Waals surface area contributed by atoms with Crippen molar-refractivity contribution in [3.8, 4) is 0 Å². The van der Waals surface area contributed by atoms with Crippen molar-refractivity contribution in [2.24, 2.45) is 5.73 Å². The molecule has 2 aliphatic rings. The highest BCUT2D eigenvalue weighted by atomic mass is 16.5. The molecule has 0 spiro atoms. The molecule has 0 bridgehead atoms. The van der Waals surface area contributed by atoms with Crippen LogP contribution in [0.25, 0.3) is 0 Å². The van der Waals surface area contributed by atoms with Gasteiger partial charge in [0.05, 0.1) is 12.7 Å². The normalized spacial score (nSPS) is 28.9. The number of aromatic nitrogens is 1. The van der Waals surface area contributed by atoms with Crippen molar-refractivity contribution in [1.29, 1.82) is 0 Å². The minimum atomic E-state index is 0.230. The fraction of sp³-hybridized carbons (Fsp3) is 0.733. The van der Waals surface area contributed by atoms with Crippen molar-refractivity contribution in [3.63, 3.8) is 0 Å². The van der Waals surface area contributed by atoms with Crippen LogP contribution in [0.3, 0.4) is 0 Å². The van der Waals surface area contributed by atoms with Gasteiger partial charge in [-0.25, -0.2) is 0 Å². The van der Waals surface area contributed by atoms with E-state index in [-0.39, 0.29) is 6.04 Å². The number of ether oxygens (including phenoxy) is 1. The van der Waals surface area contributed by atoms with Crippen LogP contribution < -0.4 is 5.73 Å². The van der Waals surface area contributed by atoms with Gasteiger partial charge in [-0.15, -0.1) is 0 Å². The van der Waals surface area contributed by atoms with Crippen LogP contribution in [0.15, 0.2) is 12.4 Å². The predicted octanol–water partition coefficient (Wildman–Crippen LogP) is 1.54. The fourth-order valence-corrected chi connectivity index (χ4v) is 3.27. The third kappa shape index (κ3) is 3.02. The Balaban J connectivity index is 1.70. The highest BCUT2D eigenvalue weighted by molar-refractivity contribution is 5.28. The first kappa shape index (κ1) is 13.2. The molecule has 1 fully saturated rings. The maximum absolute atomic E-state index is 6.26. The third-order valence-corrected chi connectivity index (χ3v) is 4.36. The lowest BCUT2D eigenvalue weighted by Crippen LogP contribution is -2.41. The number of aryl methyl sites for hydroxylation is 1. The number of morpholine rings is 1. The van der Waals surface area contributed by atoms with E-state index in [0.717, 1.165) is 32.7 Å². The summed E-state index contributed by atoms with van der Waals surface area (Å²) in [6.45, 7) is 3.87. The molecule has 0 aromatic carbocycles. The van der Waals surface area contributed by atoms with Crippen molar-refractivity contribution in [2.45, 2.75) is 44.4 Å². The number of rotatable bonds is 2.